The van der Waals surface area contributed by atoms with E-state index in [4.69, 9.17) is 10.5 Å². The molecule has 3 N–H and O–H groups in total. The summed E-state index contributed by atoms with van der Waals surface area (Å²) in [4.78, 5) is 0.211. The third-order valence-corrected chi connectivity index (χ3v) is 6.31. The van der Waals surface area contributed by atoms with Gasteiger partial charge in [0, 0.05) is 11.7 Å². The van der Waals surface area contributed by atoms with E-state index in [1.807, 2.05) is 31.2 Å². The standard InChI is InChI=1S/C19H24N2O3S/c1-12-9-13(2)19(18(10-12)24-3)25(22,23)21-17-6-4-5-14-11-15(20)7-8-16(14)17/h7-11,17,21H,4-6,20H2,1-3H3. The van der Waals surface area contributed by atoms with E-state index in [1.165, 1.54) is 7.11 Å². The average Bonchev–Trinajstić information content (AvgIpc) is 2.53. The highest BCUT2D eigenvalue weighted by molar-refractivity contribution is 7.89. The summed E-state index contributed by atoms with van der Waals surface area (Å²) in [6.45, 7) is 3.71. The van der Waals surface area contributed by atoms with Crippen LogP contribution in [0.1, 0.15) is 41.1 Å². The highest BCUT2D eigenvalue weighted by atomic mass is 32.2. The molecule has 0 aliphatic heterocycles. The number of ether oxygens (including phenoxy) is 1. The SMILES string of the molecule is COc1cc(C)cc(C)c1S(=O)(=O)NC1CCCc2cc(N)ccc21. The maximum absolute atomic E-state index is 13.1. The molecule has 1 atom stereocenters. The van der Waals surface area contributed by atoms with Gasteiger partial charge in [-0.1, -0.05) is 12.1 Å². The maximum atomic E-state index is 13.1. The van der Waals surface area contributed by atoms with Gasteiger partial charge in [0.15, 0.2) is 0 Å². The number of fused-ring (bicyclic) bond motifs is 1. The molecule has 6 heteroatoms. The summed E-state index contributed by atoms with van der Waals surface area (Å²) in [5, 5.41) is 0. The Bertz CT molecular complexity index is 907. The molecule has 0 spiro atoms. The van der Waals surface area contributed by atoms with E-state index in [0.29, 0.717) is 17.0 Å². The van der Waals surface area contributed by atoms with Crippen LogP contribution in [0, 0.1) is 13.8 Å². The number of sulfonamides is 1. The fourth-order valence-corrected chi connectivity index (χ4v) is 5.24. The fraction of sp³-hybridized carbons (Fsp3) is 0.368. The van der Waals surface area contributed by atoms with Crippen LogP contribution in [0.4, 0.5) is 5.69 Å². The zero-order valence-electron chi connectivity index (χ0n) is 14.8. The number of benzene rings is 2. The molecular weight excluding hydrogens is 336 g/mol. The summed E-state index contributed by atoms with van der Waals surface area (Å²) in [5.74, 6) is 0.373. The Morgan fingerprint density at radius 3 is 2.68 bits per heavy atom. The lowest BCUT2D eigenvalue weighted by molar-refractivity contribution is 0.400. The molecule has 0 aromatic heterocycles. The Balaban J connectivity index is 1.99. The Morgan fingerprint density at radius 1 is 1.20 bits per heavy atom. The zero-order chi connectivity index (χ0) is 18.2. The van der Waals surface area contributed by atoms with Crippen molar-refractivity contribution in [3.05, 3.63) is 52.6 Å². The Morgan fingerprint density at radius 2 is 1.96 bits per heavy atom. The van der Waals surface area contributed by atoms with Crippen LogP contribution < -0.4 is 15.2 Å². The van der Waals surface area contributed by atoms with Gasteiger partial charge in [-0.05, 0) is 73.6 Å². The third kappa shape index (κ3) is 3.50. The van der Waals surface area contributed by atoms with E-state index >= 15 is 0 Å². The van der Waals surface area contributed by atoms with Gasteiger partial charge in [0.25, 0.3) is 0 Å². The number of aryl methyl sites for hydroxylation is 3. The number of nitrogens with one attached hydrogen (secondary N) is 1. The van der Waals surface area contributed by atoms with Gasteiger partial charge < -0.3 is 10.5 Å². The van der Waals surface area contributed by atoms with Crippen molar-refractivity contribution < 1.29 is 13.2 Å². The molecule has 5 nitrogen and oxygen atoms in total. The number of methoxy groups -OCH3 is 1. The monoisotopic (exact) mass is 360 g/mol. The summed E-state index contributed by atoms with van der Waals surface area (Å²) >= 11 is 0. The number of hydrogen-bond donors (Lipinski definition) is 2. The lowest BCUT2D eigenvalue weighted by atomic mass is 9.88. The van der Waals surface area contributed by atoms with Crippen molar-refractivity contribution in [1.82, 2.24) is 4.72 Å². The molecule has 2 aromatic carbocycles. The maximum Gasteiger partial charge on any atom is 0.245 e. The van der Waals surface area contributed by atoms with E-state index < -0.39 is 10.0 Å². The number of hydrogen-bond acceptors (Lipinski definition) is 4. The molecule has 0 bridgehead atoms. The lowest BCUT2D eigenvalue weighted by Crippen LogP contribution is -2.31. The number of anilines is 1. The van der Waals surface area contributed by atoms with Crippen LogP contribution in [0.2, 0.25) is 0 Å². The van der Waals surface area contributed by atoms with Crippen molar-refractivity contribution >= 4 is 15.7 Å². The first kappa shape index (κ1) is 17.8. The number of nitrogen functional groups attached to an aromatic ring is 1. The number of nitrogens with two attached hydrogens (primary N) is 1. The van der Waals surface area contributed by atoms with Gasteiger partial charge in [-0.3, -0.25) is 0 Å². The van der Waals surface area contributed by atoms with Crippen LogP contribution in [0.5, 0.6) is 5.75 Å². The second-order valence-corrected chi connectivity index (χ2v) is 8.29. The third-order valence-electron chi connectivity index (χ3n) is 4.65. The summed E-state index contributed by atoms with van der Waals surface area (Å²) in [5.41, 5.74) is 10.3. The predicted molar refractivity (Wildman–Crippen MR) is 99.3 cm³/mol. The molecule has 1 aliphatic rings. The predicted octanol–water partition coefficient (Wildman–Crippen LogP) is 3.25. The first-order valence-electron chi connectivity index (χ1n) is 8.37. The summed E-state index contributed by atoms with van der Waals surface area (Å²) in [6, 6.07) is 9.04. The minimum absolute atomic E-state index is 0.211. The van der Waals surface area contributed by atoms with Gasteiger partial charge in [0.05, 0.1) is 7.11 Å². The van der Waals surface area contributed by atoms with Crippen LogP contribution >= 0.6 is 0 Å². The zero-order valence-corrected chi connectivity index (χ0v) is 15.6. The molecule has 3 rings (SSSR count). The van der Waals surface area contributed by atoms with Gasteiger partial charge in [-0.2, -0.15) is 0 Å². The molecule has 0 fully saturated rings. The van der Waals surface area contributed by atoms with Crippen LogP contribution in [0.25, 0.3) is 0 Å². The summed E-state index contributed by atoms with van der Waals surface area (Å²) in [7, 11) is -2.22. The number of rotatable bonds is 4. The Hall–Kier alpha value is -2.05. The van der Waals surface area contributed by atoms with Gasteiger partial charge in [-0.25, -0.2) is 13.1 Å². The van der Waals surface area contributed by atoms with E-state index in [2.05, 4.69) is 4.72 Å². The second kappa shape index (κ2) is 6.69. The lowest BCUT2D eigenvalue weighted by Gasteiger charge is -2.27. The average molecular weight is 360 g/mol. The fourth-order valence-electron chi connectivity index (χ4n) is 3.61. The van der Waals surface area contributed by atoms with Crippen LogP contribution in [-0.4, -0.2) is 15.5 Å². The van der Waals surface area contributed by atoms with E-state index in [9.17, 15) is 8.42 Å². The van der Waals surface area contributed by atoms with Crippen molar-refractivity contribution in [2.24, 2.45) is 0 Å². The molecule has 1 aliphatic carbocycles. The molecule has 2 aromatic rings. The summed E-state index contributed by atoms with van der Waals surface area (Å²) < 4.78 is 34.4. The largest absolute Gasteiger partial charge is 0.495 e. The van der Waals surface area contributed by atoms with E-state index in [1.54, 1.807) is 13.0 Å². The van der Waals surface area contributed by atoms with Crippen molar-refractivity contribution in [3.63, 3.8) is 0 Å². The van der Waals surface area contributed by atoms with Gasteiger partial charge >= 0.3 is 0 Å². The molecule has 0 saturated carbocycles. The summed E-state index contributed by atoms with van der Waals surface area (Å²) in [6.07, 6.45) is 2.61. The second-order valence-electron chi connectivity index (χ2n) is 6.64. The van der Waals surface area contributed by atoms with Gasteiger partial charge in [0.1, 0.15) is 10.6 Å². The minimum atomic E-state index is -3.71. The topological polar surface area (TPSA) is 81.4 Å². The van der Waals surface area contributed by atoms with Crippen molar-refractivity contribution in [2.75, 3.05) is 12.8 Å². The molecule has 25 heavy (non-hydrogen) atoms. The van der Waals surface area contributed by atoms with Crippen LogP contribution in [-0.2, 0) is 16.4 Å². The van der Waals surface area contributed by atoms with Gasteiger partial charge in [0.2, 0.25) is 10.0 Å². The molecule has 0 saturated heterocycles. The van der Waals surface area contributed by atoms with Crippen molar-refractivity contribution in [3.8, 4) is 5.75 Å². The van der Waals surface area contributed by atoms with Crippen molar-refractivity contribution in [2.45, 2.75) is 44.0 Å². The Kier molecular flexibility index (Phi) is 4.75. The molecular formula is C19H24N2O3S. The quantitative estimate of drug-likeness (QED) is 0.820. The van der Waals surface area contributed by atoms with Crippen LogP contribution in [0.3, 0.4) is 0 Å². The molecule has 0 heterocycles. The van der Waals surface area contributed by atoms with Gasteiger partial charge in [-0.15, -0.1) is 0 Å². The van der Waals surface area contributed by atoms with E-state index in [0.717, 1.165) is 36.0 Å². The van der Waals surface area contributed by atoms with Crippen LogP contribution in [0.15, 0.2) is 35.2 Å². The smallest absolute Gasteiger partial charge is 0.245 e. The molecule has 1 unspecified atom stereocenters. The first-order chi connectivity index (χ1) is 11.8. The van der Waals surface area contributed by atoms with E-state index in [-0.39, 0.29) is 10.9 Å². The normalized spacial score (nSPS) is 17.2. The first-order valence-corrected chi connectivity index (χ1v) is 9.86. The van der Waals surface area contributed by atoms with Crippen molar-refractivity contribution in [1.29, 1.82) is 0 Å². The minimum Gasteiger partial charge on any atom is -0.495 e. The highest BCUT2D eigenvalue weighted by Gasteiger charge is 2.29. The molecule has 0 radical (unpaired) electrons. The molecule has 0 amide bonds. The molecule has 134 valence electrons. The highest BCUT2D eigenvalue weighted by Crippen LogP contribution is 2.34. The Labute approximate surface area is 149 Å².